The highest BCUT2D eigenvalue weighted by molar-refractivity contribution is 5.87. The maximum atomic E-state index is 14.1. The van der Waals surface area contributed by atoms with Crippen LogP contribution in [0.25, 0.3) is 0 Å². The van der Waals surface area contributed by atoms with Gasteiger partial charge in [0, 0.05) is 50.2 Å². The van der Waals surface area contributed by atoms with Crippen molar-refractivity contribution < 1.29 is 127 Å². The summed E-state index contributed by atoms with van der Waals surface area (Å²) in [6.45, 7) is 4.04. The molecule has 10 nitrogen and oxygen atoms in total. The number of halogens is 18. The summed E-state index contributed by atoms with van der Waals surface area (Å²) in [4.78, 5) is 23.6. The largest absolute Gasteiger partial charge is 0.459 e. The number of carbonyl (C=O) groups excluding carboxylic acids is 2. The predicted octanol–water partition coefficient (Wildman–Crippen LogP) is 10.0. The Balaban J connectivity index is 0.000000686. The first-order valence-electron chi connectivity index (χ1n) is 17.9. The van der Waals surface area contributed by atoms with Gasteiger partial charge in [0.1, 0.15) is 32.6 Å². The van der Waals surface area contributed by atoms with Gasteiger partial charge in [0.05, 0.1) is 0 Å². The van der Waals surface area contributed by atoms with Gasteiger partial charge < -0.3 is 37.9 Å². The van der Waals surface area contributed by atoms with Crippen LogP contribution in [0.3, 0.4) is 0 Å². The standard InChI is InChI=1S/C20H24F12O6.C15H20F6O4/c1-10(2)14(33)38-13-6-11(15(17(21,22)23,18(24,25)26)36-8-34-3)5-12(7-13)16(19(27,28)29,20(30,31)32)37-9-35-4;1-9(2)12(22)25-11-7-5-4-6-10(11)13(14(16,17)18,15(19,20)21)24-8-23-3/h11-13H,1,5-9H2,2-4H3;10-11H,1,4-8H2,2-3H3. The molecule has 2 fully saturated rings. The number of ether oxygens (including phenoxy) is 8. The van der Waals surface area contributed by atoms with Crippen LogP contribution in [0.1, 0.15) is 58.8 Å². The second kappa shape index (κ2) is 21.5. The molecule has 0 aromatic rings. The molecule has 0 aromatic heterocycles. The molecule has 2 rings (SSSR count). The molecule has 0 bridgehead atoms. The van der Waals surface area contributed by atoms with Gasteiger partial charge in [-0.15, -0.1) is 0 Å². The summed E-state index contributed by atoms with van der Waals surface area (Å²) < 4.78 is 285. The average Bonchev–Trinajstić information content (AvgIpc) is 3.09. The molecule has 2 aliphatic carbocycles. The Bertz CT molecular complexity index is 1420. The zero-order valence-electron chi connectivity index (χ0n) is 33.8. The summed E-state index contributed by atoms with van der Waals surface area (Å²) in [6.07, 6.45) is -46.3. The summed E-state index contributed by atoms with van der Waals surface area (Å²) in [5.41, 5.74) is -15.7. The molecule has 4 unspecified atom stereocenters. The van der Waals surface area contributed by atoms with Gasteiger partial charge in [0.25, 0.3) is 16.8 Å². The van der Waals surface area contributed by atoms with Gasteiger partial charge in [-0.05, 0) is 52.4 Å². The van der Waals surface area contributed by atoms with E-state index in [1.807, 2.05) is 0 Å². The van der Waals surface area contributed by atoms with E-state index in [9.17, 15) is 88.6 Å². The van der Waals surface area contributed by atoms with Crippen LogP contribution in [0.15, 0.2) is 24.3 Å². The molecular weight excluding hydrogens is 922 g/mol. The summed E-state index contributed by atoms with van der Waals surface area (Å²) in [7, 11) is 2.18. The van der Waals surface area contributed by atoms with Crippen LogP contribution in [-0.2, 0) is 47.5 Å². The Morgan fingerprint density at radius 3 is 1.08 bits per heavy atom. The van der Waals surface area contributed by atoms with Crippen LogP contribution in [0.5, 0.6) is 0 Å². The molecule has 0 amide bonds. The minimum atomic E-state index is -6.42. The number of hydrogen-bond donors (Lipinski definition) is 0. The topological polar surface area (TPSA) is 108 Å². The highest BCUT2D eigenvalue weighted by Crippen LogP contribution is 2.61. The Morgan fingerprint density at radius 2 is 0.778 bits per heavy atom. The smallest absolute Gasteiger partial charge is 0.427 e. The van der Waals surface area contributed by atoms with Crippen molar-refractivity contribution in [2.45, 2.75) is 125 Å². The van der Waals surface area contributed by atoms with Gasteiger partial charge >= 0.3 is 49.0 Å². The summed E-state index contributed by atoms with van der Waals surface area (Å²) in [6, 6.07) is 0. The van der Waals surface area contributed by atoms with Gasteiger partial charge in [-0.25, -0.2) is 9.59 Å². The van der Waals surface area contributed by atoms with Crippen LogP contribution in [0.4, 0.5) is 79.0 Å². The first kappa shape index (κ1) is 57.9. The SMILES string of the molecule is C=C(C)C(=O)OC1CC(C(OCOC)(C(F)(F)F)C(F)(F)F)CC(C(OCOC)(C(F)(F)F)C(F)(F)F)C1.C=C(C)C(=O)OC1CCCCC1C(OCOC)(C(F)(F)F)C(F)(F)F. The first-order chi connectivity index (χ1) is 28.4. The van der Waals surface area contributed by atoms with Crippen LogP contribution < -0.4 is 0 Å². The van der Waals surface area contributed by atoms with Crippen molar-refractivity contribution in [2.75, 3.05) is 41.7 Å². The molecule has 370 valence electrons. The number of methoxy groups -OCH3 is 3. The van der Waals surface area contributed by atoms with Gasteiger partial charge in [-0.2, -0.15) is 79.0 Å². The van der Waals surface area contributed by atoms with Crippen molar-refractivity contribution in [1.29, 1.82) is 0 Å². The van der Waals surface area contributed by atoms with E-state index in [-0.39, 0.29) is 18.4 Å². The highest BCUT2D eigenvalue weighted by Gasteiger charge is 2.81. The minimum absolute atomic E-state index is 0.119. The molecule has 4 atom stereocenters. The average molecular weight is 967 g/mol. The van der Waals surface area contributed by atoms with Crippen molar-refractivity contribution in [3.05, 3.63) is 24.3 Å². The maximum absolute atomic E-state index is 14.1. The lowest BCUT2D eigenvalue weighted by atomic mass is 9.65. The van der Waals surface area contributed by atoms with Crippen LogP contribution in [-0.4, -0.2) is 120 Å². The van der Waals surface area contributed by atoms with E-state index in [0.29, 0.717) is 20.6 Å². The molecule has 63 heavy (non-hydrogen) atoms. The number of hydrogen-bond acceptors (Lipinski definition) is 10. The third-order valence-corrected chi connectivity index (χ3v) is 10.0. The number of alkyl halides is 18. The van der Waals surface area contributed by atoms with Gasteiger partial charge in [-0.1, -0.05) is 19.6 Å². The number of rotatable bonds is 16. The Morgan fingerprint density at radius 1 is 0.476 bits per heavy atom. The predicted molar refractivity (Wildman–Crippen MR) is 176 cm³/mol. The van der Waals surface area contributed by atoms with Crippen molar-refractivity contribution in [3.63, 3.8) is 0 Å². The lowest BCUT2D eigenvalue weighted by Gasteiger charge is -2.50. The second-order valence-electron chi connectivity index (χ2n) is 14.4. The number of carbonyl (C=O) groups is 2. The number of esters is 2. The molecule has 0 heterocycles. The van der Waals surface area contributed by atoms with Crippen LogP contribution in [0.2, 0.25) is 0 Å². The zero-order valence-corrected chi connectivity index (χ0v) is 33.8. The molecule has 28 heteroatoms. The van der Waals surface area contributed by atoms with Crippen LogP contribution >= 0.6 is 0 Å². The molecular formula is C35H44F18O10. The molecule has 0 saturated heterocycles. The Kier molecular flexibility index (Phi) is 19.8. The van der Waals surface area contributed by atoms with E-state index in [1.54, 1.807) is 0 Å². The van der Waals surface area contributed by atoms with Crippen molar-refractivity contribution in [1.82, 2.24) is 0 Å². The normalized spacial score (nSPS) is 22.4. The Labute approximate surface area is 347 Å². The van der Waals surface area contributed by atoms with Crippen molar-refractivity contribution in [3.8, 4) is 0 Å². The quantitative estimate of drug-likeness (QED) is 0.0642. The van der Waals surface area contributed by atoms with Crippen LogP contribution in [0, 0.1) is 17.8 Å². The van der Waals surface area contributed by atoms with Gasteiger partial charge in [0.2, 0.25) is 0 Å². The molecule has 0 aliphatic heterocycles. The van der Waals surface area contributed by atoms with Gasteiger partial charge in [-0.3, -0.25) is 0 Å². The van der Waals surface area contributed by atoms with E-state index in [1.165, 1.54) is 6.92 Å². The second-order valence-corrected chi connectivity index (χ2v) is 14.4. The Hall–Kier alpha value is -3.08. The van der Waals surface area contributed by atoms with E-state index in [4.69, 9.17) is 4.74 Å². The maximum Gasteiger partial charge on any atom is 0.427 e. The van der Waals surface area contributed by atoms with E-state index in [2.05, 4.69) is 46.3 Å². The highest BCUT2D eigenvalue weighted by atomic mass is 19.4. The van der Waals surface area contributed by atoms with E-state index >= 15 is 0 Å². The lowest BCUT2D eigenvalue weighted by molar-refractivity contribution is -0.427. The molecule has 2 saturated carbocycles. The molecule has 0 aromatic carbocycles. The fourth-order valence-electron chi connectivity index (χ4n) is 7.34. The third kappa shape index (κ3) is 12.6. The minimum Gasteiger partial charge on any atom is -0.459 e. The van der Waals surface area contributed by atoms with Crippen molar-refractivity contribution >= 4 is 11.9 Å². The molecule has 0 N–H and O–H groups in total. The molecule has 0 spiro atoms. The first-order valence-corrected chi connectivity index (χ1v) is 17.9. The third-order valence-electron chi connectivity index (χ3n) is 10.0. The zero-order chi connectivity index (χ0) is 49.4. The monoisotopic (exact) mass is 966 g/mol. The van der Waals surface area contributed by atoms with E-state index < -0.39 is 147 Å². The summed E-state index contributed by atoms with van der Waals surface area (Å²) in [5.74, 6) is -11.0. The molecule has 2 aliphatic rings. The fourth-order valence-corrected chi connectivity index (χ4v) is 7.34. The molecule has 0 radical (unpaired) electrons. The fraction of sp³-hybridized carbons (Fsp3) is 0.829. The van der Waals surface area contributed by atoms with Crippen molar-refractivity contribution in [2.24, 2.45) is 17.8 Å². The summed E-state index contributed by atoms with van der Waals surface area (Å²) in [5, 5.41) is 0. The lowest BCUT2D eigenvalue weighted by Crippen LogP contribution is -2.69. The van der Waals surface area contributed by atoms with Gasteiger partial charge in [0.15, 0.2) is 0 Å². The summed E-state index contributed by atoms with van der Waals surface area (Å²) >= 11 is 0. The van der Waals surface area contributed by atoms with E-state index in [0.717, 1.165) is 14.0 Å².